The van der Waals surface area contributed by atoms with Crippen LogP contribution in [0.2, 0.25) is 0 Å². The van der Waals surface area contributed by atoms with Crippen LogP contribution in [0.5, 0.6) is 0 Å². The van der Waals surface area contributed by atoms with Gasteiger partial charge >= 0.3 is 0 Å². The van der Waals surface area contributed by atoms with Crippen molar-refractivity contribution in [2.75, 3.05) is 0 Å². The Labute approximate surface area is 70.0 Å². The number of fused-ring (bicyclic) bond motifs is 1. The highest BCUT2D eigenvalue weighted by atomic mass is 32.1. The summed E-state index contributed by atoms with van der Waals surface area (Å²) < 4.78 is 0. The number of hydrogen-bond acceptors (Lipinski definition) is 2. The van der Waals surface area contributed by atoms with Crippen molar-refractivity contribution < 1.29 is 0 Å². The Balaban J connectivity index is 2.91. The fourth-order valence-electron chi connectivity index (χ4n) is 1.22. The molecule has 0 spiro atoms. The third-order valence-electron chi connectivity index (χ3n) is 1.73. The minimum atomic E-state index is 0.983. The number of aryl methyl sites for hydroxylation is 1. The topological polar surface area (TPSA) is 28.7 Å². The Morgan fingerprint density at radius 1 is 1.45 bits per heavy atom. The van der Waals surface area contributed by atoms with Crippen LogP contribution in [0.25, 0.3) is 10.9 Å². The zero-order chi connectivity index (χ0) is 7.84. The number of hydrogen-bond donors (Lipinski definition) is 2. The largest absolute Gasteiger partial charge is 0.278 e. The average Bonchev–Trinajstić information content (AvgIpc) is 2.34. The SMILES string of the molecule is Cc1cc(S)cc2cn[nH]c12. The standard InChI is InChI=1S/C8H8N2S/c1-5-2-7(11)3-6-4-9-10-8(5)6/h2-4,11H,1H3,(H,9,10). The number of benzene rings is 1. The molecule has 0 aliphatic carbocycles. The molecule has 3 heteroatoms. The van der Waals surface area contributed by atoms with Gasteiger partial charge < -0.3 is 0 Å². The number of nitrogens with one attached hydrogen (secondary N) is 1. The van der Waals surface area contributed by atoms with E-state index < -0.39 is 0 Å². The predicted molar refractivity (Wildman–Crippen MR) is 48.1 cm³/mol. The first-order valence-electron chi connectivity index (χ1n) is 3.40. The van der Waals surface area contributed by atoms with Crippen molar-refractivity contribution >= 4 is 23.5 Å². The Kier molecular flexibility index (Phi) is 1.39. The van der Waals surface area contributed by atoms with E-state index in [2.05, 4.69) is 22.8 Å². The molecule has 0 amide bonds. The molecular formula is C8H8N2S. The van der Waals surface area contributed by atoms with Crippen molar-refractivity contribution in [2.24, 2.45) is 0 Å². The van der Waals surface area contributed by atoms with Gasteiger partial charge in [0.2, 0.25) is 0 Å². The molecule has 0 aliphatic rings. The van der Waals surface area contributed by atoms with E-state index in [1.165, 1.54) is 5.56 Å². The highest BCUT2D eigenvalue weighted by Gasteiger charge is 1.98. The van der Waals surface area contributed by atoms with Crippen molar-refractivity contribution in [1.82, 2.24) is 10.2 Å². The van der Waals surface area contributed by atoms with Crippen molar-refractivity contribution in [3.63, 3.8) is 0 Å². The lowest BCUT2D eigenvalue weighted by Gasteiger charge is -1.95. The highest BCUT2D eigenvalue weighted by molar-refractivity contribution is 7.80. The summed E-state index contributed by atoms with van der Waals surface area (Å²) in [5.74, 6) is 0. The molecule has 2 aromatic rings. The van der Waals surface area contributed by atoms with Gasteiger partial charge in [-0.15, -0.1) is 12.6 Å². The average molecular weight is 164 g/mol. The van der Waals surface area contributed by atoms with Gasteiger partial charge in [0, 0.05) is 10.3 Å². The van der Waals surface area contributed by atoms with E-state index in [4.69, 9.17) is 0 Å². The Hall–Kier alpha value is -0.960. The van der Waals surface area contributed by atoms with Gasteiger partial charge in [-0.25, -0.2) is 0 Å². The zero-order valence-corrected chi connectivity index (χ0v) is 7.02. The van der Waals surface area contributed by atoms with Crippen LogP contribution in [0.3, 0.4) is 0 Å². The number of nitrogens with zero attached hydrogens (tertiary/aromatic N) is 1. The number of rotatable bonds is 0. The molecule has 0 aliphatic heterocycles. The molecule has 0 unspecified atom stereocenters. The molecule has 0 fully saturated rings. The van der Waals surface area contributed by atoms with E-state index in [1.54, 1.807) is 0 Å². The highest BCUT2D eigenvalue weighted by Crippen LogP contribution is 2.19. The first-order chi connectivity index (χ1) is 5.27. The molecule has 1 aromatic heterocycles. The summed E-state index contributed by atoms with van der Waals surface area (Å²) in [6, 6.07) is 4.01. The van der Waals surface area contributed by atoms with Crippen molar-refractivity contribution in [2.45, 2.75) is 11.8 Å². The zero-order valence-electron chi connectivity index (χ0n) is 6.13. The van der Waals surface area contributed by atoms with Crippen LogP contribution in [0.1, 0.15) is 5.56 Å². The van der Waals surface area contributed by atoms with E-state index in [0.717, 1.165) is 15.8 Å². The fraction of sp³-hybridized carbons (Fsp3) is 0.125. The normalized spacial score (nSPS) is 10.7. The maximum atomic E-state index is 4.26. The lowest BCUT2D eigenvalue weighted by molar-refractivity contribution is 1.11. The quantitative estimate of drug-likeness (QED) is 0.574. The third kappa shape index (κ3) is 1.01. The van der Waals surface area contributed by atoms with Gasteiger partial charge in [0.15, 0.2) is 0 Å². The molecule has 11 heavy (non-hydrogen) atoms. The summed E-state index contributed by atoms with van der Waals surface area (Å²) in [5, 5.41) is 8.00. The summed E-state index contributed by atoms with van der Waals surface area (Å²) in [5.41, 5.74) is 2.28. The van der Waals surface area contributed by atoms with Gasteiger partial charge in [-0.1, -0.05) is 0 Å². The number of H-pyrrole nitrogens is 1. The predicted octanol–water partition coefficient (Wildman–Crippen LogP) is 2.16. The van der Waals surface area contributed by atoms with Crippen molar-refractivity contribution in [1.29, 1.82) is 0 Å². The van der Waals surface area contributed by atoms with Gasteiger partial charge in [-0.05, 0) is 24.6 Å². The van der Waals surface area contributed by atoms with Gasteiger partial charge in [-0.3, -0.25) is 5.10 Å². The number of aromatic nitrogens is 2. The van der Waals surface area contributed by atoms with Crippen LogP contribution in [0.15, 0.2) is 23.2 Å². The lowest BCUT2D eigenvalue weighted by Crippen LogP contribution is -1.76. The summed E-state index contributed by atoms with van der Waals surface area (Å²) in [4.78, 5) is 0.983. The third-order valence-corrected chi connectivity index (χ3v) is 1.99. The summed E-state index contributed by atoms with van der Waals surface area (Å²) in [6.45, 7) is 2.04. The van der Waals surface area contributed by atoms with Crippen LogP contribution in [-0.4, -0.2) is 10.2 Å². The number of thiol groups is 1. The fourth-order valence-corrected chi connectivity index (χ4v) is 1.55. The second kappa shape index (κ2) is 2.27. The van der Waals surface area contributed by atoms with E-state index in [1.807, 2.05) is 25.3 Å². The minimum Gasteiger partial charge on any atom is -0.278 e. The summed E-state index contributed by atoms with van der Waals surface area (Å²) in [7, 11) is 0. The molecule has 1 N–H and O–H groups in total. The Morgan fingerprint density at radius 2 is 2.27 bits per heavy atom. The first-order valence-corrected chi connectivity index (χ1v) is 3.85. The van der Waals surface area contributed by atoms with Crippen molar-refractivity contribution in [3.05, 3.63) is 23.9 Å². The van der Waals surface area contributed by atoms with Crippen LogP contribution in [0.4, 0.5) is 0 Å². The molecule has 0 bridgehead atoms. The molecule has 0 saturated carbocycles. The molecule has 2 nitrogen and oxygen atoms in total. The van der Waals surface area contributed by atoms with E-state index in [0.29, 0.717) is 0 Å². The lowest BCUT2D eigenvalue weighted by atomic mass is 10.2. The van der Waals surface area contributed by atoms with Gasteiger partial charge in [0.25, 0.3) is 0 Å². The Morgan fingerprint density at radius 3 is 3.09 bits per heavy atom. The molecule has 0 atom stereocenters. The van der Waals surface area contributed by atoms with Crippen LogP contribution < -0.4 is 0 Å². The number of aromatic amines is 1. The second-order valence-corrected chi connectivity index (χ2v) is 3.11. The van der Waals surface area contributed by atoms with Crippen LogP contribution in [0, 0.1) is 6.92 Å². The molecule has 0 saturated heterocycles. The summed E-state index contributed by atoms with van der Waals surface area (Å²) in [6.07, 6.45) is 1.81. The molecule has 1 heterocycles. The monoisotopic (exact) mass is 164 g/mol. The molecule has 0 radical (unpaired) electrons. The summed E-state index contributed by atoms with van der Waals surface area (Å²) >= 11 is 4.26. The van der Waals surface area contributed by atoms with Crippen molar-refractivity contribution in [3.8, 4) is 0 Å². The van der Waals surface area contributed by atoms with E-state index >= 15 is 0 Å². The molecule has 1 aromatic carbocycles. The smallest absolute Gasteiger partial charge is 0.0680 e. The molecular weight excluding hydrogens is 156 g/mol. The van der Waals surface area contributed by atoms with E-state index in [9.17, 15) is 0 Å². The van der Waals surface area contributed by atoms with Crippen LogP contribution in [-0.2, 0) is 0 Å². The van der Waals surface area contributed by atoms with Gasteiger partial charge in [0.1, 0.15) is 0 Å². The second-order valence-electron chi connectivity index (χ2n) is 2.60. The van der Waals surface area contributed by atoms with Gasteiger partial charge in [-0.2, -0.15) is 5.10 Å². The molecule has 56 valence electrons. The maximum Gasteiger partial charge on any atom is 0.0680 e. The minimum absolute atomic E-state index is 0.983. The first kappa shape index (κ1) is 6.73. The van der Waals surface area contributed by atoms with E-state index in [-0.39, 0.29) is 0 Å². The maximum absolute atomic E-state index is 4.26. The Bertz CT molecular complexity index is 392. The molecule has 2 rings (SSSR count). The van der Waals surface area contributed by atoms with Crippen LogP contribution >= 0.6 is 12.6 Å². The van der Waals surface area contributed by atoms with Gasteiger partial charge in [0.05, 0.1) is 11.7 Å².